The maximum Gasteiger partial charge on any atom is 0.256 e. The first-order valence-electron chi connectivity index (χ1n) is 10.5. The van der Waals surface area contributed by atoms with Gasteiger partial charge in [0.05, 0.1) is 11.6 Å². The highest BCUT2D eigenvalue weighted by atomic mass is 79.9. The zero-order chi connectivity index (χ0) is 21.2. The number of piperidine rings is 1. The summed E-state index contributed by atoms with van der Waals surface area (Å²) in [6, 6.07) is 9.85. The Morgan fingerprint density at radius 3 is 2.77 bits per heavy atom. The van der Waals surface area contributed by atoms with E-state index in [0.29, 0.717) is 23.0 Å². The number of carbonyl (C=O) groups excluding carboxylic acids is 1. The lowest BCUT2D eigenvalue weighted by molar-refractivity contribution is 0.0472. The first-order valence-corrected chi connectivity index (χ1v) is 11.3. The topological polar surface area (TPSA) is 83.9 Å². The van der Waals surface area contributed by atoms with Crippen molar-refractivity contribution in [3.8, 4) is 11.5 Å². The molecule has 3 aromatic heterocycles. The van der Waals surface area contributed by atoms with E-state index in [9.17, 15) is 4.79 Å². The van der Waals surface area contributed by atoms with Crippen LogP contribution in [0.5, 0.6) is 0 Å². The van der Waals surface area contributed by atoms with Crippen LogP contribution >= 0.6 is 15.9 Å². The molecule has 156 valence electrons. The Morgan fingerprint density at radius 1 is 1.16 bits per heavy atom. The second kappa shape index (κ2) is 6.82. The van der Waals surface area contributed by atoms with Crippen LogP contribution in [0.3, 0.4) is 0 Å². The average molecular weight is 477 g/mol. The van der Waals surface area contributed by atoms with Gasteiger partial charge in [-0.05, 0) is 77.4 Å². The van der Waals surface area contributed by atoms with Crippen LogP contribution in [0.1, 0.15) is 28.9 Å². The van der Waals surface area contributed by atoms with Gasteiger partial charge in [-0.15, -0.1) is 0 Å². The fourth-order valence-corrected chi connectivity index (χ4v) is 5.72. The van der Waals surface area contributed by atoms with E-state index in [2.05, 4.69) is 41.2 Å². The zero-order valence-corrected chi connectivity index (χ0v) is 18.6. The van der Waals surface area contributed by atoms with Crippen LogP contribution in [-0.2, 0) is 0 Å². The number of aromatic nitrogens is 4. The summed E-state index contributed by atoms with van der Waals surface area (Å²) in [6.45, 7) is 2.72. The fourth-order valence-electron chi connectivity index (χ4n) is 5.49. The number of likely N-dealkylation sites (tertiary alicyclic amines) is 1. The van der Waals surface area contributed by atoms with E-state index < -0.39 is 0 Å². The SMILES string of the molecule is Cc1ccc(C(=O)N2CC3CC34CC(Nc3ccc(Br)cn3)C24)c(-c2ncccn2)n1. The Bertz CT molecular complexity index is 1170. The van der Waals surface area contributed by atoms with Crippen LogP contribution in [0.25, 0.3) is 11.5 Å². The van der Waals surface area contributed by atoms with E-state index in [1.54, 1.807) is 24.7 Å². The molecule has 2 saturated carbocycles. The van der Waals surface area contributed by atoms with Gasteiger partial charge in [0.15, 0.2) is 5.82 Å². The first-order chi connectivity index (χ1) is 15.0. The van der Waals surface area contributed by atoms with Crippen molar-refractivity contribution in [3.05, 3.63) is 64.7 Å². The largest absolute Gasteiger partial charge is 0.365 e. The third kappa shape index (κ3) is 2.96. The van der Waals surface area contributed by atoms with Crippen LogP contribution in [0, 0.1) is 18.3 Å². The van der Waals surface area contributed by atoms with Crippen LogP contribution in [0.4, 0.5) is 5.82 Å². The van der Waals surface area contributed by atoms with Gasteiger partial charge >= 0.3 is 0 Å². The summed E-state index contributed by atoms with van der Waals surface area (Å²) >= 11 is 3.43. The van der Waals surface area contributed by atoms with Gasteiger partial charge in [-0.3, -0.25) is 4.79 Å². The van der Waals surface area contributed by atoms with Crippen molar-refractivity contribution in [1.82, 2.24) is 24.8 Å². The van der Waals surface area contributed by atoms with Crippen LogP contribution in [-0.4, -0.2) is 49.4 Å². The minimum Gasteiger partial charge on any atom is -0.365 e. The Labute approximate surface area is 188 Å². The molecule has 1 N–H and O–H groups in total. The van der Waals surface area contributed by atoms with Crippen molar-refractivity contribution < 1.29 is 4.79 Å². The summed E-state index contributed by atoms with van der Waals surface area (Å²) in [6.07, 6.45) is 7.45. The molecule has 6 rings (SSSR count). The third-order valence-corrected chi connectivity index (χ3v) is 7.44. The van der Waals surface area contributed by atoms with Gasteiger partial charge in [0, 0.05) is 41.3 Å². The zero-order valence-electron chi connectivity index (χ0n) is 17.0. The second-order valence-corrected chi connectivity index (χ2v) is 9.69. The molecule has 8 heteroatoms. The van der Waals surface area contributed by atoms with Crippen molar-refractivity contribution in [2.24, 2.45) is 11.3 Å². The quantitative estimate of drug-likeness (QED) is 0.617. The predicted octanol–water partition coefficient (Wildman–Crippen LogP) is 3.72. The van der Waals surface area contributed by atoms with Gasteiger partial charge < -0.3 is 10.2 Å². The Hall–Kier alpha value is -2.87. The number of nitrogens with zero attached hydrogens (tertiary/aromatic N) is 5. The molecule has 4 atom stereocenters. The number of aryl methyl sites for hydroxylation is 1. The molecule has 1 amide bonds. The van der Waals surface area contributed by atoms with E-state index >= 15 is 0 Å². The van der Waals surface area contributed by atoms with E-state index in [0.717, 1.165) is 29.0 Å². The van der Waals surface area contributed by atoms with Crippen molar-refractivity contribution >= 4 is 27.7 Å². The first kappa shape index (κ1) is 18.9. The molecule has 31 heavy (non-hydrogen) atoms. The highest BCUT2D eigenvalue weighted by molar-refractivity contribution is 9.10. The number of hydrogen-bond acceptors (Lipinski definition) is 6. The minimum absolute atomic E-state index is 0.0155. The Balaban J connectivity index is 1.30. The molecule has 7 nitrogen and oxygen atoms in total. The third-order valence-electron chi connectivity index (χ3n) is 6.97. The molecule has 3 fully saturated rings. The fraction of sp³-hybridized carbons (Fsp3) is 0.348. The summed E-state index contributed by atoms with van der Waals surface area (Å²) in [5.41, 5.74) is 2.24. The summed E-state index contributed by atoms with van der Waals surface area (Å²) in [5, 5.41) is 3.55. The molecular weight excluding hydrogens is 456 g/mol. The van der Waals surface area contributed by atoms with Crippen LogP contribution in [0.2, 0.25) is 0 Å². The maximum absolute atomic E-state index is 13.7. The standard InChI is InChI=1S/C23H21BrN6O/c1-13-3-5-16(19(28-13)21-25-7-2-8-26-21)22(31)30-12-14-9-23(14)10-17(20(23)30)29-18-6-4-15(24)11-27-18/h2-8,11,14,17,20H,9-10,12H2,1H3,(H,27,29). The van der Waals surface area contributed by atoms with Gasteiger partial charge in [0.2, 0.25) is 0 Å². The highest BCUT2D eigenvalue weighted by Gasteiger charge is 2.75. The number of pyridine rings is 2. The lowest BCUT2D eigenvalue weighted by Gasteiger charge is -2.48. The van der Waals surface area contributed by atoms with Crippen molar-refractivity contribution in [1.29, 1.82) is 0 Å². The van der Waals surface area contributed by atoms with E-state index in [1.165, 1.54) is 6.42 Å². The number of anilines is 1. The molecule has 4 heterocycles. The molecule has 2 aliphatic carbocycles. The summed E-state index contributed by atoms with van der Waals surface area (Å²) in [5.74, 6) is 1.94. The number of hydrogen-bond donors (Lipinski definition) is 1. The van der Waals surface area contributed by atoms with Crippen molar-refractivity contribution in [3.63, 3.8) is 0 Å². The lowest BCUT2D eigenvalue weighted by atomic mass is 9.71. The van der Waals surface area contributed by atoms with Gasteiger partial charge in [-0.25, -0.2) is 19.9 Å². The molecule has 0 aromatic carbocycles. The molecule has 0 bridgehead atoms. The molecule has 1 aliphatic heterocycles. The molecule has 0 radical (unpaired) electrons. The number of halogens is 1. The normalized spacial score (nSPS) is 27.8. The highest BCUT2D eigenvalue weighted by Crippen LogP contribution is 2.71. The van der Waals surface area contributed by atoms with Gasteiger partial charge in [-0.1, -0.05) is 0 Å². The Morgan fingerprint density at radius 2 is 2.00 bits per heavy atom. The van der Waals surface area contributed by atoms with Gasteiger partial charge in [0.25, 0.3) is 5.91 Å². The average Bonchev–Trinajstić information content (AvgIpc) is 3.43. The molecule has 1 saturated heterocycles. The molecule has 3 aromatic rings. The van der Waals surface area contributed by atoms with Crippen molar-refractivity contribution in [2.45, 2.75) is 31.8 Å². The Kier molecular flexibility index (Phi) is 4.15. The monoisotopic (exact) mass is 476 g/mol. The number of nitrogens with one attached hydrogen (secondary N) is 1. The second-order valence-electron chi connectivity index (χ2n) is 8.77. The summed E-state index contributed by atoms with van der Waals surface area (Å²) < 4.78 is 0.950. The van der Waals surface area contributed by atoms with E-state index in [4.69, 9.17) is 0 Å². The smallest absolute Gasteiger partial charge is 0.256 e. The number of amides is 1. The van der Waals surface area contributed by atoms with E-state index in [-0.39, 0.29) is 23.4 Å². The lowest BCUT2D eigenvalue weighted by Crippen LogP contribution is -2.60. The molecular formula is C23H21BrN6O. The van der Waals surface area contributed by atoms with Crippen LogP contribution < -0.4 is 5.32 Å². The van der Waals surface area contributed by atoms with E-state index in [1.807, 2.05) is 36.1 Å². The predicted molar refractivity (Wildman–Crippen MR) is 119 cm³/mol. The van der Waals surface area contributed by atoms with Crippen molar-refractivity contribution in [2.75, 3.05) is 11.9 Å². The van der Waals surface area contributed by atoms with Crippen LogP contribution in [0.15, 0.2) is 53.4 Å². The van der Waals surface area contributed by atoms with Gasteiger partial charge in [0.1, 0.15) is 11.5 Å². The number of rotatable bonds is 4. The maximum atomic E-state index is 13.7. The van der Waals surface area contributed by atoms with Gasteiger partial charge in [-0.2, -0.15) is 0 Å². The molecule has 1 spiro atoms. The summed E-state index contributed by atoms with van der Waals surface area (Å²) in [7, 11) is 0. The minimum atomic E-state index is 0.0155. The summed E-state index contributed by atoms with van der Waals surface area (Å²) in [4.78, 5) is 33.5. The number of carbonyl (C=O) groups is 1. The molecule has 3 aliphatic rings. The molecule has 4 unspecified atom stereocenters.